The molecule has 0 aromatic heterocycles. The fraction of sp³-hybridized carbons (Fsp3) is 0. The summed E-state index contributed by atoms with van der Waals surface area (Å²) in [5.41, 5.74) is 9.68. The molecule has 0 radical (unpaired) electrons. The Hall–Kier alpha value is -5.76. The number of nitrogens with zero attached hydrogens (tertiary/aromatic N) is 1. The second-order valence-electron chi connectivity index (χ2n) is 11.4. The van der Waals surface area contributed by atoms with E-state index in [-0.39, 0.29) is 0 Å². The molecule has 0 N–H and O–H groups in total. The summed E-state index contributed by atoms with van der Waals surface area (Å²) in [4.78, 5) is 0. The highest BCUT2D eigenvalue weighted by Gasteiger charge is 2.39. The predicted molar refractivity (Wildman–Crippen MR) is 192 cm³/mol. The molecular weight excluding hydrogens is 542 g/mol. The van der Waals surface area contributed by atoms with E-state index in [9.17, 15) is 0 Å². The van der Waals surface area contributed by atoms with E-state index in [1.807, 2.05) is 0 Å². The minimum absolute atomic E-state index is 0.459. The maximum Gasteiger partial charge on any atom is 0.148 e. The van der Waals surface area contributed by atoms with E-state index >= 15 is 0 Å². The van der Waals surface area contributed by atoms with Crippen LogP contribution in [0.4, 0.5) is 22.7 Å². The van der Waals surface area contributed by atoms with E-state index in [1.54, 1.807) is 0 Å². The van der Waals surface area contributed by atoms with Crippen molar-refractivity contribution in [1.82, 2.24) is 4.48 Å². The Bertz CT molecular complexity index is 2130. The van der Waals surface area contributed by atoms with Gasteiger partial charge >= 0.3 is 0 Å². The monoisotopic (exact) mass is 574 g/mol. The zero-order valence-corrected chi connectivity index (χ0v) is 24.9. The third kappa shape index (κ3) is 4.45. The fourth-order valence-electron chi connectivity index (χ4n) is 7.06. The van der Waals surface area contributed by atoms with Crippen LogP contribution in [-0.4, -0.2) is 0 Å². The first-order chi connectivity index (χ1) is 22.4. The van der Waals surface area contributed by atoms with Crippen LogP contribution >= 0.6 is 0 Å². The van der Waals surface area contributed by atoms with Gasteiger partial charge in [0.2, 0.25) is 0 Å². The normalized spacial score (nSPS) is 11.6. The van der Waals surface area contributed by atoms with Gasteiger partial charge in [-0.2, -0.15) is 4.48 Å². The molecule has 1 heteroatoms. The Labute approximate surface area is 264 Å². The molecular formula is C44H32N+. The standard InChI is InChI=1S/C44H32N/c1-6-18-33(19-7-1)43-39-28-16-17-29-40(39)44(34-20-8-2-9-21-34)42-32-38(30-31-41(42)43)45(35-22-10-3-11-23-35,36-24-12-4-13-25-36)37-26-14-5-15-27-37/h1-32H/q+1. The Kier molecular flexibility index (Phi) is 6.79. The lowest BCUT2D eigenvalue weighted by Crippen LogP contribution is -2.33. The molecule has 0 aliphatic heterocycles. The molecule has 8 rings (SSSR count). The number of benzene rings is 8. The number of quaternary nitrogens is 1. The van der Waals surface area contributed by atoms with Gasteiger partial charge in [0.1, 0.15) is 22.7 Å². The second-order valence-corrected chi connectivity index (χ2v) is 11.4. The van der Waals surface area contributed by atoms with Crippen LogP contribution in [0.25, 0.3) is 43.8 Å². The Morgan fingerprint density at radius 1 is 0.244 bits per heavy atom. The van der Waals surface area contributed by atoms with Gasteiger partial charge in [-0.25, -0.2) is 0 Å². The van der Waals surface area contributed by atoms with Gasteiger partial charge in [-0.05, 0) is 49.9 Å². The minimum atomic E-state index is 0.459. The van der Waals surface area contributed by atoms with Gasteiger partial charge in [-0.15, -0.1) is 0 Å². The molecule has 0 aliphatic rings. The van der Waals surface area contributed by atoms with Gasteiger partial charge in [-0.1, -0.05) is 140 Å². The lowest BCUT2D eigenvalue weighted by molar-refractivity contribution is 0.705. The third-order valence-corrected chi connectivity index (χ3v) is 8.95. The van der Waals surface area contributed by atoms with E-state index in [0.717, 1.165) is 0 Å². The van der Waals surface area contributed by atoms with Crippen LogP contribution in [0.3, 0.4) is 0 Å². The van der Waals surface area contributed by atoms with Crippen LogP contribution in [-0.2, 0) is 0 Å². The average molecular weight is 575 g/mol. The van der Waals surface area contributed by atoms with Crippen LogP contribution in [0.2, 0.25) is 0 Å². The summed E-state index contributed by atoms with van der Waals surface area (Å²) in [5, 5.41) is 5.00. The van der Waals surface area contributed by atoms with Crippen molar-refractivity contribution in [2.24, 2.45) is 0 Å². The molecule has 0 spiro atoms. The minimum Gasteiger partial charge on any atom is -0.194 e. The highest BCUT2D eigenvalue weighted by molar-refractivity contribution is 6.22. The second kappa shape index (κ2) is 11.4. The fourth-order valence-corrected chi connectivity index (χ4v) is 7.06. The van der Waals surface area contributed by atoms with E-state index in [4.69, 9.17) is 0 Å². The largest absolute Gasteiger partial charge is 0.194 e. The van der Waals surface area contributed by atoms with Gasteiger partial charge in [0, 0.05) is 48.5 Å². The molecule has 0 fully saturated rings. The Balaban J connectivity index is 1.57. The van der Waals surface area contributed by atoms with Crippen molar-refractivity contribution < 1.29 is 0 Å². The van der Waals surface area contributed by atoms with Crippen molar-refractivity contribution in [1.29, 1.82) is 0 Å². The molecule has 0 aliphatic carbocycles. The van der Waals surface area contributed by atoms with Crippen LogP contribution in [0.5, 0.6) is 0 Å². The maximum absolute atomic E-state index is 2.45. The molecule has 8 aromatic carbocycles. The smallest absolute Gasteiger partial charge is 0.148 e. The lowest BCUT2D eigenvalue weighted by atomic mass is 9.85. The molecule has 0 saturated carbocycles. The number of rotatable bonds is 6. The number of para-hydroxylation sites is 3. The first-order valence-electron chi connectivity index (χ1n) is 15.5. The highest BCUT2D eigenvalue weighted by atomic mass is 15.4. The Morgan fingerprint density at radius 3 is 1.00 bits per heavy atom. The molecule has 1 nitrogen and oxygen atoms in total. The lowest BCUT2D eigenvalue weighted by Gasteiger charge is -2.37. The van der Waals surface area contributed by atoms with Gasteiger partial charge in [0.25, 0.3) is 0 Å². The van der Waals surface area contributed by atoms with Crippen molar-refractivity contribution in [2.75, 3.05) is 0 Å². The van der Waals surface area contributed by atoms with E-state index in [1.165, 1.54) is 66.5 Å². The van der Waals surface area contributed by atoms with Crippen molar-refractivity contribution in [3.63, 3.8) is 0 Å². The van der Waals surface area contributed by atoms with E-state index in [0.29, 0.717) is 4.48 Å². The van der Waals surface area contributed by atoms with Gasteiger partial charge in [-0.3, -0.25) is 0 Å². The van der Waals surface area contributed by atoms with Crippen LogP contribution < -0.4 is 4.48 Å². The van der Waals surface area contributed by atoms with Crippen LogP contribution in [0.15, 0.2) is 194 Å². The zero-order chi connectivity index (χ0) is 30.1. The quantitative estimate of drug-likeness (QED) is 0.137. The van der Waals surface area contributed by atoms with Crippen molar-refractivity contribution in [2.45, 2.75) is 0 Å². The zero-order valence-electron chi connectivity index (χ0n) is 24.9. The van der Waals surface area contributed by atoms with Gasteiger partial charge in [0.15, 0.2) is 0 Å². The summed E-state index contributed by atoms with van der Waals surface area (Å²) in [6.45, 7) is 0. The summed E-state index contributed by atoms with van der Waals surface area (Å²) in [6, 6.07) is 70.4. The molecule has 0 unspecified atom stereocenters. The van der Waals surface area contributed by atoms with Crippen molar-refractivity contribution >= 4 is 44.3 Å². The molecule has 8 aromatic rings. The average Bonchev–Trinajstić information content (AvgIpc) is 3.13. The van der Waals surface area contributed by atoms with Gasteiger partial charge in [0.05, 0.1) is 0 Å². The summed E-state index contributed by atoms with van der Waals surface area (Å²) in [5.74, 6) is 0. The Morgan fingerprint density at radius 2 is 0.578 bits per heavy atom. The molecule has 212 valence electrons. The summed E-state index contributed by atoms with van der Waals surface area (Å²) in [7, 11) is 0. The maximum atomic E-state index is 2.45. The van der Waals surface area contributed by atoms with E-state index in [2.05, 4.69) is 194 Å². The molecule has 0 saturated heterocycles. The first kappa shape index (κ1) is 26.8. The summed E-state index contributed by atoms with van der Waals surface area (Å²) < 4.78 is 0.459. The number of fused-ring (bicyclic) bond motifs is 2. The number of hydrogen-bond acceptors (Lipinski definition) is 0. The van der Waals surface area contributed by atoms with Crippen LogP contribution in [0.1, 0.15) is 0 Å². The van der Waals surface area contributed by atoms with Gasteiger partial charge < -0.3 is 0 Å². The topological polar surface area (TPSA) is 0 Å². The molecule has 0 atom stereocenters. The highest BCUT2D eigenvalue weighted by Crippen LogP contribution is 2.53. The third-order valence-electron chi connectivity index (χ3n) is 8.95. The molecule has 0 heterocycles. The van der Waals surface area contributed by atoms with Crippen molar-refractivity contribution in [3.8, 4) is 22.3 Å². The SMILES string of the molecule is c1ccc(-c2c3ccccc3c(-c3ccccc3)c3cc([N+](c4ccccc4)(c4ccccc4)c4ccccc4)ccc23)cc1. The summed E-state index contributed by atoms with van der Waals surface area (Å²) >= 11 is 0. The summed E-state index contributed by atoms with van der Waals surface area (Å²) in [6.07, 6.45) is 0. The molecule has 45 heavy (non-hydrogen) atoms. The predicted octanol–water partition coefficient (Wildman–Crippen LogP) is 12.6. The first-order valence-corrected chi connectivity index (χ1v) is 15.5. The number of hydrogen-bond donors (Lipinski definition) is 0. The molecule has 0 amide bonds. The van der Waals surface area contributed by atoms with Crippen molar-refractivity contribution in [3.05, 3.63) is 194 Å². The van der Waals surface area contributed by atoms with E-state index < -0.39 is 0 Å². The van der Waals surface area contributed by atoms with Crippen LogP contribution in [0, 0.1) is 0 Å². The molecule has 0 bridgehead atoms.